The minimum Gasteiger partial charge on any atom is -0.480 e. The van der Waals surface area contributed by atoms with Gasteiger partial charge in [0, 0.05) is 63.5 Å². The van der Waals surface area contributed by atoms with Crippen LogP contribution in [0, 0.1) is 31.1 Å². The van der Waals surface area contributed by atoms with Crippen molar-refractivity contribution in [3.8, 4) is 0 Å². The van der Waals surface area contributed by atoms with Crippen molar-refractivity contribution in [3.05, 3.63) is 144 Å². The summed E-state index contributed by atoms with van der Waals surface area (Å²) in [6.45, 7) is 16.1. The first-order valence-electron chi connectivity index (χ1n) is 23.4. The maximum atomic E-state index is 12.8. The topological polar surface area (TPSA) is 222 Å². The van der Waals surface area contributed by atoms with E-state index in [9.17, 15) is 33.9 Å². The molecule has 5 amide bonds. The first-order chi connectivity index (χ1) is 33.2. The average Bonchev–Trinajstić information content (AvgIpc) is 3.91. The van der Waals surface area contributed by atoms with Crippen LogP contribution in [0.5, 0.6) is 0 Å². The van der Waals surface area contributed by atoms with Crippen LogP contribution in [0.4, 0.5) is 21.0 Å². The number of fused-ring (bicyclic) bond motifs is 2. The molecule has 0 saturated heterocycles. The number of allylic oxidation sites excluding steroid dienone is 1. The maximum Gasteiger partial charge on any atom is 0.415 e. The number of ether oxygens (including phenoxy) is 2. The molecular weight excluding hydrogens is 1100 g/mol. The molecule has 0 saturated carbocycles. The number of nitrogen functional groups attached to an aromatic ring is 1. The van der Waals surface area contributed by atoms with Crippen LogP contribution in [-0.2, 0) is 31.9 Å². The largest absolute Gasteiger partial charge is 0.480 e. The Hall–Kier alpha value is -6.21. The normalized spacial score (nSPS) is 17.5. The summed E-state index contributed by atoms with van der Waals surface area (Å²) in [5.41, 5.74) is 10.6. The van der Waals surface area contributed by atoms with Gasteiger partial charge in [0.05, 0.1) is 25.2 Å². The van der Waals surface area contributed by atoms with Crippen molar-refractivity contribution in [1.82, 2.24) is 16.3 Å². The molecule has 6 N–H and O–H groups in total. The Morgan fingerprint density at radius 2 is 1.19 bits per heavy atom. The molecule has 16 nitrogen and oxygen atoms in total. The number of carboxylic acids is 1. The minimum atomic E-state index is -1.42. The van der Waals surface area contributed by atoms with Gasteiger partial charge in [-0.05, 0) is 117 Å². The van der Waals surface area contributed by atoms with E-state index in [2.05, 4.69) is 34.9 Å². The predicted molar refractivity (Wildman–Crippen MR) is 267 cm³/mol. The number of para-hydroxylation sites is 2. The number of carbonyl (C=O) groups is 6. The number of benzene rings is 4. The number of hydrogen-bond donors (Lipinski definition) is 5. The van der Waals surface area contributed by atoms with E-state index < -0.39 is 59.5 Å². The minimum absolute atomic E-state index is 0. The van der Waals surface area contributed by atoms with Gasteiger partial charge < -0.3 is 14.6 Å². The summed E-state index contributed by atoms with van der Waals surface area (Å²) in [7, 11) is 0.771. The Labute approximate surface area is 434 Å². The summed E-state index contributed by atoms with van der Waals surface area (Å²) in [5.74, 6) is 2.68. The molecule has 4 aromatic carbocycles. The van der Waals surface area contributed by atoms with E-state index in [0.717, 1.165) is 31.1 Å². The van der Waals surface area contributed by atoms with Gasteiger partial charge in [0.25, 0.3) is 17.7 Å². The number of dihydropyridines is 1. The molecule has 4 atom stereocenters. The summed E-state index contributed by atoms with van der Waals surface area (Å²) in [6, 6.07) is 30.6. The number of aliphatic imine (C=N–C) groups is 1. The molecule has 0 fully saturated rings. The maximum absolute atomic E-state index is 12.8. The van der Waals surface area contributed by atoms with Crippen LogP contribution in [0.2, 0.25) is 6.27 Å². The van der Waals surface area contributed by atoms with Crippen molar-refractivity contribution < 1.29 is 77.2 Å². The van der Waals surface area contributed by atoms with Crippen molar-refractivity contribution in [2.45, 2.75) is 117 Å². The van der Waals surface area contributed by atoms with Gasteiger partial charge in [-0.1, -0.05) is 92.1 Å². The standard InChI is InChI=1S/C21H23N3O4.C14H17NO4.C7H8N2O.C7H11N.C2H6B.U/c1-21(2,3)28-20(27)24-16-12-8-7-11-15(16)13-17(24)19(26)23-22-18(25)14-9-5-4-6-10-14;1-14(2,3)19-13(18)15-10-7-5-4-6-9(10)8-11(15)12(16)17;8-9-7(10)6-4-2-1-3-5-6;1-6-4-3-5-7(2)8-6;1-2-3;/h4-12,17H,13H2,1-3H3,(H,22,25)(H,23,26);4-7,11H,8H2,1-3H3,(H,16,17);1-5H,8H2,(H,9,10);3-4,7H,5H2,1-2H3;3H,2H2,1H3;/t17-;11-;;;;/m00..../s1/i;;;;2TD,3T;. The number of nitrogens with one attached hydrogen (secondary N) is 3. The number of hydrogen-bond acceptors (Lipinski definition) is 10. The number of carbonyl (C=O) groups excluding carboxylic acids is 5. The van der Waals surface area contributed by atoms with Crippen molar-refractivity contribution >= 4 is 60.8 Å². The van der Waals surface area contributed by atoms with Gasteiger partial charge in [-0.3, -0.25) is 45.5 Å². The van der Waals surface area contributed by atoms with Gasteiger partial charge in [0.15, 0.2) is 0 Å². The van der Waals surface area contributed by atoms with E-state index in [0.29, 0.717) is 41.4 Å². The van der Waals surface area contributed by atoms with Crippen LogP contribution in [0.25, 0.3) is 0 Å². The summed E-state index contributed by atoms with van der Waals surface area (Å²) in [5, 5.41) is 9.25. The molecule has 3 aliphatic rings. The van der Waals surface area contributed by atoms with E-state index >= 15 is 0 Å². The molecule has 1 radical (unpaired) electrons. The van der Waals surface area contributed by atoms with Gasteiger partial charge in [0.1, 0.15) is 23.3 Å². The molecule has 365 valence electrons. The van der Waals surface area contributed by atoms with Crippen LogP contribution in [0.1, 0.15) is 103 Å². The second kappa shape index (κ2) is 28.3. The zero-order valence-electron chi connectivity index (χ0n) is 43.6. The zero-order valence-corrected chi connectivity index (χ0v) is 44.8. The molecule has 69 heavy (non-hydrogen) atoms. The first kappa shape index (κ1) is 53.7. The van der Waals surface area contributed by atoms with E-state index in [4.69, 9.17) is 19.4 Å². The van der Waals surface area contributed by atoms with Gasteiger partial charge in [-0.2, -0.15) is 0 Å². The van der Waals surface area contributed by atoms with Gasteiger partial charge in [-0.15, -0.1) is 0 Å². The van der Waals surface area contributed by atoms with Gasteiger partial charge in [0.2, 0.25) is 0 Å². The summed E-state index contributed by atoms with van der Waals surface area (Å²) >= 11 is 0. The number of aliphatic carboxylic acids is 1. The molecule has 3 heterocycles. The summed E-state index contributed by atoms with van der Waals surface area (Å²) in [4.78, 5) is 78.8. The predicted octanol–water partition coefficient (Wildman–Crippen LogP) is 7.66. The second-order valence-corrected chi connectivity index (χ2v) is 17.4. The van der Waals surface area contributed by atoms with Crippen molar-refractivity contribution in [3.63, 3.8) is 0 Å². The van der Waals surface area contributed by atoms with Crippen molar-refractivity contribution in [2.24, 2.45) is 10.8 Å². The molecule has 4 aromatic rings. The fourth-order valence-electron chi connectivity index (χ4n) is 6.67. The van der Waals surface area contributed by atoms with E-state index in [-0.39, 0.29) is 37.0 Å². The second-order valence-electron chi connectivity index (χ2n) is 17.4. The number of nitrogens with two attached hydrogens (primary N) is 1. The third-order valence-electron chi connectivity index (χ3n) is 9.48. The fourth-order valence-corrected chi connectivity index (χ4v) is 6.67. The molecule has 0 bridgehead atoms. The summed E-state index contributed by atoms with van der Waals surface area (Å²) in [6.07, 6.45) is 3.36. The molecule has 0 aromatic heterocycles. The van der Waals surface area contributed by atoms with Gasteiger partial charge in [-0.25, -0.2) is 20.2 Å². The van der Waals surface area contributed by atoms with Gasteiger partial charge >= 0.3 is 18.2 Å². The monoisotopic (exact) mass is 1170 g/mol. The summed E-state index contributed by atoms with van der Waals surface area (Å²) < 4.78 is 30.3. The van der Waals surface area contributed by atoms with Crippen LogP contribution in [-0.4, -0.2) is 85.2 Å². The Kier molecular flexibility index (Phi) is 22.1. The molecule has 7 rings (SSSR count). The number of hydrazine groups is 2. The SMILES string of the molecule is CC(C)(C)OC(=O)N1c2ccccc2C[C@H]1C(=O)NNC(=O)c1ccccc1.CC(C)(C)OC(=O)N1c2ccccc2C[C@H]1C(=O)O.CC1=NC(C)CC=C1.NNC(=O)c1ccccc1.[2H]C([3H])(C)[B][3H].[U]. The number of nitrogens with zero attached hydrogens (tertiary/aromatic N) is 3. The fraction of sp³-hybridized carbons (Fsp3) is 0.353. The van der Waals surface area contributed by atoms with Crippen LogP contribution in [0.3, 0.4) is 0 Å². The van der Waals surface area contributed by atoms with E-state index in [1.807, 2.05) is 42.7 Å². The van der Waals surface area contributed by atoms with E-state index in [1.165, 1.54) is 16.7 Å². The molecule has 18 heteroatoms. The van der Waals surface area contributed by atoms with E-state index in [1.54, 1.807) is 120 Å². The average molecular weight is 1170 g/mol. The Morgan fingerprint density at radius 1 is 0.768 bits per heavy atom. The number of amides is 5. The molecule has 0 aliphatic carbocycles. The van der Waals surface area contributed by atoms with Crippen molar-refractivity contribution in [2.75, 3.05) is 9.80 Å². The van der Waals surface area contributed by atoms with Crippen LogP contribution >= 0.6 is 0 Å². The first-order valence-corrected chi connectivity index (χ1v) is 21.8. The smallest absolute Gasteiger partial charge is 0.415 e. The third-order valence-corrected chi connectivity index (χ3v) is 9.48. The number of rotatable bonds is 5. The number of anilines is 2. The Morgan fingerprint density at radius 3 is 1.58 bits per heavy atom. The molecule has 2 unspecified atom stereocenters. The third kappa shape index (κ3) is 19.4. The van der Waals surface area contributed by atoms with Crippen LogP contribution < -0.4 is 31.9 Å². The molecular formula is C51H65BN7O9U. The van der Waals surface area contributed by atoms with Crippen LogP contribution in [0.15, 0.2) is 126 Å². The molecule has 3 aliphatic heterocycles. The quantitative estimate of drug-likeness (QED) is 0.0568. The number of carboxylic acid groups (broad SMARTS) is 1. The Balaban J connectivity index is 0.000000346. The van der Waals surface area contributed by atoms with Crippen molar-refractivity contribution in [1.29, 1.82) is 1.34 Å². The Bertz CT molecular complexity index is 2500. The molecule has 0 spiro atoms. The zero-order chi connectivity index (χ0) is 53.1.